The first-order valence-electron chi connectivity index (χ1n) is 8.97. The second kappa shape index (κ2) is 10.6. The molecule has 0 amide bonds. The van der Waals surface area contributed by atoms with E-state index in [1.807, 2.05) is 27.7 Å². The highest BCUT2D eigenvalue weighted by atomic mass is 16.7. The van der Waals surface area contributed by atoms with Gasteiger partial charge in [-0.15, -0.1) is 0 Å². The Balaban J connectivity index is 2.31. The average molecular weight is 316 g/mol. The van der Waals surface area contributed by atoms with Crippen LogP contribution < -0.4 is 0 Å². The zero-order valence-corrected chi connectivity index (χ0v) is 15.1. The predicted octanol–water partition coefficient (Wildman–Crippen LogP) is 4.66. The van der Waals surface area contributed by atoms with Gasteiger partial charge in [0.2, 0.25) is 0 Å². The van der Waals surface area contributed by atoms with Crippen LogP contribution in [0.4, 0.5) is 0 Å². The Morgan fingerprint density at radius 2 is 0.636 bits per heavy atom. The maximum absolute atomic E-state index is 5.83. The van der Waals surface area contributed by atoms with Crippen molar-refractivity contribution in [1.29, 1.82) is 0 Å². The molecule has 4 heteroatoms. The van der Waals surface area contributed by atoms with E-state index in [9.17, 15) is 0 Å². The highest BCUT2D eigenvalue weighted by Gasteiger charge is 2.19. The van der Waals surface area contributed by atoms with Gasteiger partial charge in [-0.1, -0.05) is 25.7 Å². The van der Waals surface area contributed by atoms with Crippen LogP contribution in [0.15, 0.2) is 0 Å². The van der Waals surface area contributed by atoms with E-state index in [2.05, 4.69) is 0 Å². The molecule has 0 aromatic carbocycles. The predicted molar refractivity (Wildman–Crippen MR) is 88.9 cm³/mol. The first-order chi connectivity index (χ1) is 10.4. The smallest absolute Gasteiger partial charge is 0.162 e. The fourth-order valence-corrected chi connectivity index (χ4v) is 2.47. The van der Waals surface area contributed by atoms with E-state index >= 15 is 0 Å². The molecule has 0 unspecified atom stereocenters. The molecular weight excluding hydrogens is 280 g/mol. The van der Waals surface area contributed by atoms with Gasteiger partial charge < -0.3 is 18.9 Å². The van der Waals surface area contributed by atoms with E-state index < -0.39 is 11.6 Å². The summed E-state index contributed by atoms with van der Waals surface area (Å²) in [5, 5.41) is 0. The first-order valence-corrected chi connectivity index (χ1v) is 8.97. The highest BCUT2D eigenvalue weighted by molar-refractivity contribution is 4.57. The summed E-state index contributed by atoms with van der Waals surface area (Å²) in [7, 11) is 0. The second-order valence-electron chi connectivity index (χ2n) is 7.02. The minimum atomic E-state index is -0.457. The summed E-state index contributed by atoms with van der Waals surface area (Å²) in [5.41, 5.74) is 0. The molecule has 0 radical (unpaired) electrons. The fourth-order valence-electron chi connectivity index (χ4n) is 2.47. The molecule has 0 aromatic heterocycles. The number of hydrogen-bond donors (Lipinski definition) is 0. The molecule has 0 atom stereocenters. The molecule has 1 aliphatic rings. The molecule has 1 saturated heterocycles. The van der Waals surface area contributed by atoms with Gasteiger partial charge in [-0.05, 0) is 53.4 Å². The largest absolute Gasteiger partial charge is 0.351 e. The molecule has 0 spiro atoms. The van der Waals surface area contributed by atoms with Crippen LogP contribution in [0, 0.1) is 0 Å². The summed E-state index contributed by atoms with van der Waals surface area (Å²) in [5.74, 6) is -0.913. The van der Waals surface area contributed by atoms with Gasteiger partial charge in [0.15, 0.2) is 11.6 Å². The molecule has 1 aliphatic heterocycles. The standard InChI is InChI=1S/C18H36O4/c1-17(2)19-13-9-5-7-11-15-21-18(3,4)22-16-12-8-6-10-14-20-17/h5-16H2,1-4H3. The minimum absolute atomic E-state index is 0.457. The molecule has 0 saturated carbocycles. The van der Waals surface area contributed by atoms with Crippen LogP contribution in [0.2, 0.25) is 0 Å². The van der Waals surface area contributed by atoms with Crippen molar-refractivity contribution >= 4 is 0 Å². The van der Waals surface area contributed by atoms with Crippen molar-refractivity contribution in [3.8, 4) is 0 Å². The maximum Gasteiger partial charge on any atom is 0.162 e. The Bertz CT molecular complexity index is 224. The zero-order valence-electron chi connectivity index (χ0n) is 15.1. The molecule has 0 aromatic rings. The number of hydrogen-bond acceptors (Lipinski definition) is 4. The molecule has 22 heavy (non-hydrogen) atoms. The van der Waals surface area contributed by atoms with Crippen molar-refractivity contribution in [2.75, 3.05) is 26.4 Å². The lowest BCUT2D eigenvalue weighted by atomic mass is 10.2. The van der Waals surface area contributed by atoms with Gasteiger partial charge in [-0.25, -0.2) is 0 Å². The third kappa shape index (κ3) is 10.5. The minimum Gasteiger partial charge on any atom is -0.351 e. The van der Waals surface area contributed by atoms with Crippen molar-refractivity contribution in [3.05, 3.63) is 0 Å². The number of ether oxygens (including phenoxy) is 4. The lowest BCUT2D eigenvalue weighted by Crippen LogP contribution is -2.30. The molecule has 4 nitrogen and oxygen atoms in total. The Hall–Kier alpha value is -0.160. The average Bonchev–Trinajstić information content (AvgIpc) is 2.43. The summed E-state index contributed by atoms with van der Waals surface area (Å²) in [4.78, 5) is 0. The van der Waals surface area contributed by atoms with Crippen molar-refractivity contribution in [3.63, 3.8) is 0 Å². The van der Waals surface area contributed by atoms with Gasteiger partial charge in [0, 0.05) is 26.4 Å². The van der Waals surface area contributed by atoms with Gasteiger partial charge in [0.05, 0.1) is 0 Å². The van der Waals surface area contributed by atoms with Crippen molar-refractivity contribution in [1.82, 2.24) is 0 Å². The molecule has 0 aliphatic carbocycles. The van der Waals surface area contributed by atoms with Crippen molar-refractivity contribution in [2.45, 2.75) is 90.6 Å². The van der Waals surface area contributed by atoms with Gasteiger partial charge in [-0.3, -0.25) is 0 Å². The van der Waals surface area contributed by atoms with Crippen molar-refractivity contribution in [2.24, 2.45) is 0 Å². The molecule has 1 fully saturated rings. The van der Waals surface area contributed by atoms with E-state index in [4.69, 9.17) is 18.9 Å². The Morgan fingerprint density at radius 3 is 0.864 bits per heavy atom. The molecule has 132 valence electrons. The van der Waals surface area contributed by atoms with Crippen LogP contribution in [0.3, 0.4) is 0 Å². The van der Waals surface area contributed by atoms with E-state index in [0.717, 1.165) is 52.1 Å². The second-order valence-corrected chi connectivity index (χ2v) is 7.02. The zero-order chi connectivity index (χ0) is 16.3. The van der Waals surface area contributed by atoms with Crippen LogP contribution >= 0.6 is 0 Å². The van der Waals surface area contributed by atoms with E-state index in [1.165, 1.54) is 25.7 Å². The summed E-state index contributed by atoms with van der Waals surface area (Å²) in [6.07, 6.45) is 8.97. The molecule has 0 bridgehead atoms. The highest BCUT2D eigenvalue weighted by Crippen LogP contribution is 2.16. The third-order valence-corrected chi connectivity index (χ3v) is 3.88. The van der Waals surface area contributed by atoms with Gasteiger partial charge in [-0.2, -0.15) is 0 Å². The summed E-state index contributed by atoms with van der Waals surface area (Å²) < 4.78 is 23.3. The summed E-state index contributed by atoms with van der Waals surface area (Å²) in [6.45, 7) is 11.1. The topological polar surface area (TPSA) is 36.9 Å². The van der Waals surface area contributed by atoms with Gasteiger partial charge >= 0.3 is 0 Å². The van der Waals surface area contributed by atoms with E-state index in [0.29, 0.717) is 0 Å². The maximum atomic E-state index is 5.83. The third-order valence-electron chi connectivity index (χ3n) is 3.88. The molecule has 1 heterocycles. The lowest BCUT2D eigenvalue weighted by Gasteiger charge is -2.27. The van der Waals surface area contributed by atoms with E-state index in [-0.39, 0.29) is 0 Å². The molecule has 1 rings (SSSR count). The Labute approximate surface area is 136 Å². The molecular formula is C18H36O4. The van der Waals surface area contributed by atoms with Crippen LogP contribution in [0.25, 0.3) is 0 Å². The van der Waals surface area contributed by atoms with Crippen LogP contribution in [-0.2, 0) is 18.9 Å². The lowest BCUT2D eigenvalue weighted by molar-refractivity contribution is -0.217. The number of rotatable bonds is 0. The van der Waals surface area contributed by atoms with Gasteiger partial charge in [0.25, 0.3) is 0 Å². The Kier molecular flexibility index (Phi) is 9.57. The fraction of sp³-hybridized carbons (Fsp3) is 1.00. The SMILES string of the molecule is CC1(C)OCCCCCCOC(C)(C)OCCCCCCO1. The van der Waals surface area contributed by atoms with E-state index in [1.54, 1.807) is 0 Å². The first kappa shape index (κ1) is 19.9. The Morgan fingerprint density at radius 1 is 0.409 bits per heavy atom. The normalized spacial score (nSPS) is 26.7. The summed E-state index contributed by atoms with van der Waals surface area (Å²) >= 11 is 0. The van der Waals surface area contributed by atoms with Crippen LogP contribution in [-0.4, -0.2) is 38.0 Å². The van der Waals surface area contributed by atoms with Crippen molar-refractivity contribution < 1.29 is 18.9 Å². The van der Waals surface area contributed by atoms with Gasteiger partial charge in [0.1, 0.15) is 0 Å². The quantitative estimate of drug-likeness (QED) is 0.651. The van der Waals surface area contributed by atoms with Crippen LogP contribution in [0.1, 0.15) is 79.1 Å². The summed E-state index contributed by atoms with van der Waals surface area (Å²) in [6, 6.07) is 0. The monoisotopic (exact) mass is 316 g/mol. The van der Waals surface area contributed by atoms with Crippen LogP contribution in [0.5, 0.6) is 0 Å². The molecule has 0 N–H and O–H groups in total.